The molecule has 0 saturated carbocycles. The molecule has 1 fully saturated rings. The van der Waals surface area contributed by atoms with Gasteiger partial charge in [0.25, 0.3) is 5.91 Å². The molecule has 3 rings (SSSR count). The molecule has 0 radical (unpaired) electrons. The van der Waals surface area contributed by atoms with Crippen LogP contribution in [0.4, 0.5) is 0 Å². The molecule has 0 unspecified atom stereocenters. The number of carbonyl (C=O) groups excluding carboxylic acids is 1. The Morgan fingerprint density at radius 1 is 1.28 bits per heavy atom. The van der Waals surface area contributed by atoms with Crippen molar-refractivity contribution in [1.82, 2.24) is 19.7 Å². The molecule has 6 heteroatoms. The lowest BCUT2D eigenvalue weighted by Crippen LogP contribution is -2.44. The van der Waals surface area contributed by atoms with Gasteiger partial charge >= 0.3 is 0 Å². The second-order valence-corrected chi connectivity index (χ2v) is 7.96. The fourth-order valence-electron chi connectivity index (χ4n) is 3.54. The molecule has 1 aliphatic rings. The number of benzene rings is 1. The number of likely N-dealkylation sites (N-methyl/N-ethyl adjacent to an activating group) is 2. The maximum absolute atomic E-state index is 12.9. The number of hydrogen-bond acceptors (Lipinski definition) is 3. The largest absolute Gasteiger partial charge is 0.360 e. The van der Waals surface area contributed by atoms with E-state index in [0.29, 0.717) is 6.04 Å². The summed E-state index contributed by atoms with van der Waals surface area (Å²) in [6.45, 7) is 3.96. The van der Waals surface area contributed by atoms with Gasteiger partial charge in [-0.15, -0.1) is 0 Å². The molecular formula is C19H27BrN4O. The SMILES string of the molecule is CN1CCC(N(C)CCN(C)C(=O)c2c[nH]c3cccc(Br)c23)CC1. The third-order valence-electron chi connectivity index (χ3n) is 5.33. The van der Waals surface area contributed by atoms with Crippen LogP contribution in [-0.4, -0.2) is 79.0 Å². The van der Waals surface area contributed by atoms with Crippen molar-refractivity contribution < 1.29 is 4.79 Å². The van der Waals surface area contributed by atoms with E-state index < -0.39 is 0 Å². The highest BCUT2D eigenvalue weighted by Gasteiger charge is 2.22. The molecule has 1 aliphatic heterocycles. The summed E-state index contributed by atoms with van der Waals surface area (Å²) in [5.41, 5.74) is 1.71. The molecule has 1 N–H and O–H groups in total. The first-order valence-corrected chi connectivity index (χ1v) is 9.66. The molecule has 1 aromatic carbocycles. The van der Waals surface area contributed by atoms with E-state index in [2.05, 4.69) is 44.8 Å². The molecule has 136 valence electrons. The molecular weight excluding hydrogens is 380 g/mol. The van der Waals surface area contributed by atoms with Crippen molar-refractivity contribution in [2.45, 2.75) is 18.9 Å². The van der Waals surface area contributed by atoms with Gasteiger partial charge in [-0.1, -0.05) is 22.0 Å². The van der Waals surface area contributed by atoms with E-state index in [4.69, 9.17) is 0 Å². The molecule has 0 spiro atoms. The van der Waals surface area contributed by atoms with E-state index in [-0.39, 0.29) is 5.91 Å². The van der Waals surface area contributed by atoms with Gasteiger partial charge in [0.05, 0.1) is 5.56 Å². The fraction of sp³-hybridized carbons (Fsp3) is 0.526. The van der Waals surface area contributed by atoms with Crippen LogP contribution in [0.15, 0.2) is 28.9 Å². The summed E-state index contributed by atoms with van der Waals surface area (Å²) in [7, 11) is 6.25. The summed E-state index contributed by atoms with van der Waals surface area (Å²) in [5, 5.41) is 0.961. The zero-order valence-electron chi connectivity index (χ0n) is 15.3. The van der Waals surface area contributed by atoms with Crippen molar-refractivity contribution in [3.63, 3.8) is 0 Å². The monoisotopic (exact) mass is 406 g/mol. The molecule has 0 bridgehead atoms. The number of likely N-dealkylation sites (tertiary alicyclic amines) is 1. The zero-order chi connectivity index (χ0) is 18.0. The number of rotatable bonds is 5. The molecule has 1 amide bonds. The van der Waals surface area contributed by atoms with Crippen molar-refractivity contribution in [2.75, 3.05) is 47.3 Å². The summed E-state index contributed by atoms with van der Waals surface area (Å²) in [6, 6.07) is 6.56. The highest BCUT2D eigenvalue weighted by Crippen LogP contribution is 2.27. The van der Waals surface area contributed by atoms with Crippen molar-refractivity contribution in [1.29, 1.82) is 0 Å². The van der Waals surface area contributed by atoms with Gasteiger partial charge in [0.2, 0.25) is 0 Å². The van der Waals surface area contributed by atoms with Gasteiger partial charge < -0.3 is 19.7 Å². The number of halogens is 1. The Bertz CT molecular complexity index is 736. The van der Waals surface area contributed by atoms with Crippen molar-refractivity contribution >= 4 is 32.7 Å². The topological polar surface area (TPSA) is 42.6 Å². The number of aromatic amines is 1. The number of H-pyrrole nitrogens is 1. The third-order valence-corrected chi connectivity index (χ3v) is 5.99. The van der Waals surface area contributed by atoms with E-state index >= 15 is 0 Å². The molecule has 1 aromatic heterocycles. The van der Waals surface area contributed by atoms with Crippen LogP contribution >= 0.6 is 15.9 Å². The van der Waals surface area contributed by atoms with Gasteiger partial charge in [-0.3, -0.25) is 4.79 Å². The van der Waals surface area contributed by atoms with Gasteiger partial charge in [-0.25, -0.2) is 0 Å². The maximum Gasteiger partial charge on any atom is 0.255 e. The fourth-order valence-corrected chi connectivity index (χ4v) is 4.12. The van der Waals surface area contributed by atoms with Gasteiger partial charge in [0.15, 0.2) is 0 Å². The van der Waals surface area contributed by atoms with Gasteiger partial charge in [-0.2, -0.15) is 0 Å². The van der Waals surface area contributed by atoms with E-state index in [0.717, 1.165) is 47.1 Å². The predicted octanol–water partition coefficient (Wildman–Crippen LogP) is 3.03. The van der Waals surface area contributed by atoms with Crippen molar-refractivity contribution in [3.8, 4) is 0 Å². The quantitative estimate of drug-likeness (QED) is 0.829. The molecule has 25 heavy (non-hydrogen) atoms. The Morgan fingerprint density at radius 2 is 2.00 bits per heavy atom. The summed E-state index contributed by atoms with van der Waals surface area (Å²) < 4.78 is 0.950. The number of hydrogen-bond donors (Lipinski definition) is 1. The van der Waals surface area contributed by atoms with Gasteiger partial charge in [0.1, 0.15) is 0 Å². The first-order valence-electron chi connectivity index (χ1n) is 8.87. The minimum Gasteiger partial charge on any atom is -0.360 e. The van der Waals surface area contributed by atoms with E-state index in [1.54, 1.807) is 0 Å². The van der Waals surface area contributed by atoms with Gasteiger partial charge in [0, 0.05) is 47.8 Å². The number of aromatic nitrogens is 1. The number of fused-ring (bicyclic) bond motifs is 1. The number of nitrogens with zero attached hydrogens (tertiary/aromatic N) is 3. The summed E-state index contributed by atoms with van der Waals surface area (Å²) >= 11 is 3.56. The zero-order valence-corrected chi connectivity index (χ0v) is 16.8. The van der Waals surface area contributed by atoms with E-state index in [1.807, 2.05) is 36.3 Å². The lowest BCUT2D eigenvalue weighted by molar-refractivity contribution is 0.0760. The molecule has 0 atom stereocenters. The van der Waals surface area contributed by atoms with Crippen molar-refractivity contribution in [2.24, 2.45) is 0 Å². The van der Waals surface area contributed by atoms with Crippen LogP contribution < -0.4 is 0 Å². The highest BCUT2D eigenvalue weighted by atomic mass is 79.9. The normalized spacial score (nSPS) is 16.7. The Labute approximate surface area is 158 Å². The van der Waals surface area contributed by atoms with Crippen LogP contribution in [-0.2, 0) is 0 Å². The standard InChI is InChI=1S/C19H27BrN4O/c1-22-9-7-14(8-10-22)23(2)11-12-24(3)19(25)15-13-21-17-6-4-5-16(20)18(15)17/h4-6,13-14,21H,7-12H2,1-3H3. The number of nitrogens with one attached hydrogen (secondary N) is 1. The number of carbonyl (C=O) groups is 1. The average Bonchev–Trinajstić information content (AvgIpc) is 3.04. The predicted molar refractivity (Wildman–Crippen MR) is 106 cm³/mol. The van der Waals surface area contributed by atoms with Gasteiger partial charge in [-0.05, 0) is 52.2 Å². The summed E-state index contributed by atoms with van der Waals surface area (Å²) in [5.74, 6) is 0.0647. The first kappa shape index (κ1) is 18.4. The Balaban J connectivity index is 1.61. The summed E-state index contributed by atoms with van der Waals surface area (Å²) in [6.07, 6.45) is 4.23. The Kier molecular flexibility index (Phi) is 5.81. The van der Waals surface area contributed by atoms with E-state index in [1.165, 1.54) is 12.8 Å². The first-order chi connectivity index (χ1) is 12.0. The van der Waals surface area contributed by atoms with Crippen LogP contribution in [0.2, 0.25) is 0 Å². The summed E-state index contributed by atoms with van der Waals surface area (Å²) in [4.78, 5) is 22.7. The lowest BCUT2D eigenvalue weighted by Gasteiger charge is -2.35. The average molecular weight is 407 g/mol. The molecule has 2 heterocycles. The molecule has 0 aliphatic carbocycles. The minimum atomic E-state index is 0.0647. The second kappa shape index (κ2) is 7.89. The minimum absolute atomic E-state index is 0.0647. The molecule has 5 nitrogen and oxygen atoms in total. The Hall–Kier alpha value is -1.37. The molecule has 1 saturated heterocycles. The van der Waals surface area contributed by atoms with Crippen LogP contribution in [0.1, 0.15) is 23.2 Å². The smallest absolute Gasteiger partial charge is 0.255 e. The van der Waals surface area contributed by atoms with Crippen LogP contribution in [0, 0.1) is 0 Å². The third kappa shape index (κ3) is 4.07. The van der Waals surface area contributed by atoms with E-state index in [9.17, 15) is 4.79 Å². The van der Waals surface area contributed by atoms with Crippen molar-refractivity contribution in [3.05, 3.63) is 34.4 Å². The van der Waals surface area contributed by atoms with Crippen LogP contribution in [0.5, 0.6) is 0 Å². The second-order valence-electron chi connectivity index (χ2n) is 7.11. The highest BCUT2D eigenvalue weighted by molar-refractivity contribution is 9.10. The maximum atomic E-state index is 12.9. The Morgan fingerprint density at radius 3 is 2.72 bits per heavy atom. The lowest BCUT2D eigenvalue weighted by atomic mass is 10.0. The number of piperidine rings is 1. The molecule has 2 aromatic rings. The van der Waals surface area contributed by atoms with Crippen LogP contribution in [0.3, 0.4) is 0 Å². The number of amides is 1. The van der Waals surface area contributed by atoms with Crippen LogP contribution in [0.25, 0.3) is 10.9 Å².